The van der Waals surface area contributed by atoms with Gasteiger partial charge in [-0.05, 0) is 36.9 Å². The Morgan fingerprint density at radius 2 is 1.88 bits per heavy atom. The van der Waals surface area contributed by atoms with Crippen LogP contribution in [0.5, 0.6) is 0 Å². The highest BCUT2D eigenvalue weighted by Gasteiger charge is 2.03. The fraction of sp³-hybridized carbons (Fsp3) is 0.231. The molecule has 0 radical (unpaired) electrons. The zero-order valence-electron chi connectivity index (χ0n) is 9.39. The Morgan fingerprint density at radius 3 is 2.50 bits per heavy atom. The Labute approximate surface area is 95.5 Å². The van der Waals surface area contributed by atoms with E-state index in [1.165, 1.54) is 5.56 Å². The first-order valence-corrected chi connectivity index (χ1v) is 5.29. The molecule has 0 fully saturated rings. The van der Waals surface area contributed by atoms with Crippen molar-refractivity contribution in [2.24, 2.45) is 0 Å². The normalized spacial score (nSPS) is 10.9. The third-order valence-corrected chi connectivity index (χ3v) is 2.44. The summed E-state index contributed by atoms with van der Waals surface area (Å²) in [5.74, 6) is 0.984. The van der Waals surface area contributed by atoms with Crippen molar-refractivity contribution in [2.75, 3.05) is 12.8 Å². The van der Waals surface area contributed by atoms with Crippen LogP contribution < -0.4 is 5.73 Å². The molecule has 0 bridgehead atoms. The van der Waals surface area contributed by atoms with Gasteiger partial charge in [-0.2, -0.15) is 0 Å². The molecule has 16 heavy (non-hydrogen) atoms. The second-order valence-corrected chi connectivity index (χ2v) is 3.99. The predicted molar refractivity (Wildman–Crippen MR) is 64.7 cm³/mol. The van der Waals surface area contributed by atoms with Crippen LogP contribution in [0.25, 0.3) is 0 Å². The van der Waals surface area contributed by atoms with E-state index < -0.39 is 0 Å². The van der Waals surface area contributed by atoms with Gasteiger partial charge in [0.05, 0.1) is 12.8 Å². The first kappa shape index (κ1) is 10.8. The molecule has 2 rings (SSSR count). The minimum absolute atomic E-state index is 0.803. The molecule has 0 aliphatic carbocycles. The summed E-state index contributed by atoms with van der Waals surface area (Å²) in [5.41, 5.74) is 7.69. The molecule has 84 valence electrons. The lowest BCUT2D eigenvalue weighted by Crippen LogP contribution is -2.16. The SMILES string of the molecule is CN(Cc1ccc(N)cc1)Cc1ccco1. The second-order valence-electron chi connectivity index (χ2n) is 3.99. The molecule has 1 aromatic heterocycles. The van der Waals surface area contributed by atoms with Crippen LogP contribution in [0.15, 0.2) is 47.1 Å². The standard InChI is InChI=1S/C13H16N2O/c1-15(10-13-3-2-8-16-13)9-11-4-6-12(14)7-5-11/h2-8H,9-10,14H2,1H3. The van der Waals surface area contributed by atoms with Crippen molar-refractivity contribution >= 4 is 5.69 Å². The molecular formula is C13H16N2O. The van der Waals surface area contributed by atoms with Gasteiger partial charge in [0.1, 0.15) is 5.76 Å². The highest BCUT2D eigenvalue weighted by Crippen LogP contribution is 2.10. The quantitative estimate of drug-likeness (QED) is 0.798. The average molecular weight is 216 g/mol. The molecule has 0 aliphatic rings. The van der Waals surface area contributed by atoms with Crippen molar-refractivity contribution in [1.29, 1.82) is 0 Å². The number of furan rings is 1. The summed E-state index contributed by atoms with van der Waals surface area (Å²) in [6.45, 7) is 1.71. The van der Waals surface area contributed by atoms with E-state index in [1.54, 1.807) is 6.26 Å². The lowest BCUT2D eigenvalue weighted by Gasteiger charge is -2.15. The van der Waals surface area contributed by atoms with E-state index in [2.05, 4.69) is 11.9 Å². The van der Waals surface area contributed by atoms with Crippen LogP contribution in [0.1, 0.15) is 11.3 Å². The summed E-state index contributed by atoms with van der Waals surface area (Å²) in [6.07, 6.45) is 1.70. The van der Waals surface area contributed by atoms with E-state index in [9.17, 15) is 0 Å². The molecule has 2 N–H and O–H groups in total. The number of anilines is 1. The fourth-order valence-corrected chi connectivity index (χ4v) is 1.66. The minimum atomic E-state index is 0.803. The number of hydrogen-bond acceptors (Lipinski definition) is 3. The van der Waals surface area contributed by atoms with Crippen LogP contribution in [0.3, 0.4) is 0 Å². The minimum Gasteiger partial charge on any atom is -0.468 e. The smallest absolute Gasteiger partial charge is 0.117 e. The molecule has 3 nitrogen and oxygen atoms in total. The van der Waals surface area contributed by atoms with Gasteiger partial charge in [-0.1, -0.05) is 12.1 Å². The van der Waals surface area contributed by atoms with Crippen LogP contribution in [0.4, 0.5) is 5.69 Å². The summed E-state index contributed by atoms with van der Waals surface area (Å²) in [5, 5.41) is 0. The molecule has 0 saturated heterocycles. The lowest BCUT2D eigenvalue weighted by molar-refractivity contribution is 0.288. The second kappa shape index (κ2) is 4.86. The molecule has 0 amide bonds. The topological polar surface area (TPSA) is 42.4 Å². The fourth-order valence-electron chi connectivity index (χ4n) is 1.66. The van der Waals surface area contributed by atoms with Gasteiger partial charge in [0.2, 0.25) is 0 Å². The zero-order valence-corrected chi connectivity index (χ0v) is 9.39. The van der Waals surface area contributed by atoms with E-state index in [0.29, 0.717) is 0 Å². The van der Waals surface area contributed by atoms with Gasteiger partial charge in [0.25, 0.3) is 0 Å². The van der Waals surface area contributed by atoms with Crippen LogP contribution in [0.2, 0.25) is 0 Å². The third kappa shape index (κ3) is 2.87. The summed E-state index contributed by atoms with van der Waals surface area (Å²) >= 11 is 0. The Morgan fingerprint density at radius 1 is 1.12 bits per heavy atom. The summed E-state index contributed by atoms with van der Waals surface area (Å²) in [7, 11) is 2.07. The molecule has 0 aliphatic heterocycles. The molecule has 0 spiro atoms. The largest absolute Gasteiger partial charge is 0.468 e. The van der Waals surface area contributed by atoms with Crippen molar-refractivity contribution in [2.45, 2.75) is 13.1 Å². The molecule has 1 aromatic carbocycles. The molecule has 0 atom stereocenters. The van der Waals surface area contributed by atoms with Crippen molar-refractivity contribution < 1.29 is 4.42 Å². The summed E-state index contributed by atoms with van der Waals surface area (Å²) in [6, 6.07) is 11.8. The van der Waals surface area contributed by atoms with Gasteiger partial charge in [-0.25, -0.2) is 0 Å². The van der Waals surface area contributed by atoms with Crippen molar-refractivity contribution in [3.63, 3.8) is 0 Å². The van der Waals surface area contributed by atoms with Gasteiger partial charge in [-0.3, -0.25) is 4.90 Å². The number of nitrogen functional groups attached to an aromatic ring is 1. The summed E-state index contributed by atoms with van der Waals surface area (Å²) < 4.78 is 5.30. The Balaban J connectivity index is 1.92. The van der Waals surface area contributed by atoms with Crippen LogP contribution in [-0.4, -0.2) is 11.9 Å². The molecule has 0 unspecified atom stereocenters. The third-order valence-electron chi connectivity index (χ3n) is 2.44. The monoisotopic (exact) mass is 216 g/mol. The Hall–Kier alpha value is -1.74. The van der Waals surface area contributed by atoms with Crippen molar-refractivity contribution in [1.82, 2.24) is 4.90 Å². The van der Waals surface area contributed by atoms with Crippen LogP contribution >= 0.6 is 0 Å². The highest BCUT2D eigenvalue weighted by atomic mass is 16.3. The van der Waals surface area contributed by atoms with Gasteiger partial charge >= 0.3 is 0 Å². The maximum absolute atomic E-state index is 5.64. The van der Waals surface area contributed by atoms with Gasteiger partial charge < -0.3 is 10.2 Å². The van der Waals surface area contributed by atoms with Gasteiger partial charge in [-0.15, -0.1) is 0 Å². The Kier molecular flexibility index (Phi) is 3.27. The molecule has 2 aromatic rings. The summed E-state index contributed by atoms with van der Waals surface area (Å²) in [4.78, 5) is 2.20. The number of nitrogens with zero attached hydrogens (tertiary/aromatic N) is 1. The number of rotatable bonds is 4. The van der Waals surface area contributed by atoms with Gasteiger partial charge in [0.15, 0.2) is 0 Å². The van der Waals surface area contributed by atoms with E-state index in [-0.39, 0.29) is 0 Å². The maximum atomic E-state index is 5.64. The predicted octanol–water partition coefficient (Wildman–Crippen LogP) is 2.49. The first-order valence-electron chi connectivity index (χ1n) is 5.29. The van der Waals surface area contributed by atoms with Gasteiger partial charge in [0, 0.05) is 12.2 Å². The first-order chi connectivity index (χ1) is 7.74. The Bertz CT molecular complexity index is 420. The van der Waals surface area contributed by atoms with E-state index in [1.807, 2.05) is 36.4 Å². The van der Waals surface area contributed by atoms with E-state index in [4.69, 9.17) is 10.2 Å². The van der Waals surface area contributed by atoms with E-state index in [0.717, 1.165) is 24.5 Å². The van der Waals surface area contributed by atoms with Crippen molar-refractivity contribution in [3.05, 3.63) is 54.0 Å². The maximum Gasteiger partial charge on any atom is 0.117 e. The van der Waals surface area contributed by atoms with Crippen LogP contribution in [-0.2, 0) is 13.1 Å². The zero-order chi connectivity index (χ0) is 11.4. The van der Waals surface area contributed by atoms with E-state index >= 15 is 0 Å². The number of nitrogens with two attached hydrogens (primary N) is 1. The molecular weight excluding hydrogens is 200 g/mol. The average Bonchev–Trinajstić information content (AvgIpc) is 2.74. The number of benzene rings is 1. The number of hydrogen-bond donors (Lipinski definition) is 1. The molecule has 0 saturated carbocycles. The molecule has 3 heteroatoms. The lowest BCUT2D eigenvalue weighted by atomic mass is 10.2. The van der Waals surface area contributed by atoms with Crippen molar-refractivity contribution in [3.8, 4) is 0 Å². The highest BCUT2D eigenvalue weighted by molar-refractivity contribution is 5.39. The van der Waals surface area contributed by atoms with Crippen LogP contribution in [0, 0.1) is 0 Å². The molecule has 1 heterocycles.